The minimum Gasteiger partial charge on any atom is -0.338 e. The van der Waals surface area contributed by atoms with Crippen LogP contribution in [0, 0.1) is 6.92 Å². The molecule has 0 radical (unpaired) electrons. The van der Waals surface area contributed by atoms with Crippen LogP contribution in [0.15, 0.2) is 24.3 Å². The Kier molecular flexibility index (Phi) is 9.34. The number of rotatable bonds is 10. The smallest absolute Gasteiger partial charge is 0.319 e. The Hall–Kier alpha value is -1.51. The van der Waals surface area contributed by atoms with Gasteiger partial charge in [0.25, 0.3) is 0 Å². The van der Waals surface area contributed by atoms with Crippen molar-refractivity contribution in [2.45, 2.75) is 65.2 Å². The van der Waals surface area contributed by atoms with E-state index in [0.29, 0.717) is 0 Å². The molecule has 0 saturated heterocycles. The van der Waals surface area contributed by atoms with Crippen molar-refractivity contribution in [2.24, 2.45) is 0 Å². The second kappa shape index (κ2) is 11.2. The molecular formula is C18H30N2O. The predicted octanol–water partition coefficient (Wildman–Crippen LogP) is 5.26. The van der Waals surface area contributed by atoms with Crippen LogP contribution in [0.3, 0.4) is 0 Å². The summed E-state index contributed by atoms with van der Waals surface area (Å²) in [6.45, 7) is 5.03. The van der Waals surface area contributed by atoms with E-state index in [9.17, 15) is 4.79 Å². The molecule has 0 spiro atoms. The molecule has 1 aromatic rings. The predicted molar refractivity (Wildman–Crippen MR) is 90.8 cm³/mol. The molecule has 2 amide bonds. The average molecular weight is 290 g/mol. The number of unbranched alkanes of at least 4 members (excludes halogenated alkanes) is 7. The van der Waals surface area contributed by atoms with Gasteiger partial charge in [0.05, 0.1) is 0 Å². The standard InChI is InChI=1S/C18H30N2O/c1-3-4-5-6-7-8-9-10-15-19-18(21)20-17-13-11-16(2)12-14-17/h11-14H,3-10,15H2,1-2H3,(H2,19,20,21). The van der Waals surface area contributed by atoms with Crippen molar-refractivity contribution in [1.82, 2.24) is 5.32 Å². The van der Waals surface area contributed by atoms with Crippen LogP contribution in [0.25, 0.3) is 0 Å². The van der Waals surface area contributed by atoms with E-state index in [1.807, 2.05) is 31.2 Å². The average Bonchev–Trinajstić information content (AvgIpc) is 2.48. The molecule has 0 aliphatic rings. The van der Waals surface area contributed by atoms with Gasteiger partial charge >= 0.3 is 6.03 Å². The van der Waals surface area contributed by atoms with Gasteiger partial charge in [-0.05, 0) is 25.5 Å². The van der Waals surface area contributed by atoms with Crippen LogP contribution in [0.4, 0.5) is 10.5 Å². The van der Waals surface area contributed by atoms with Crippen LogP contribution in [0.1, 0.15) is 63.9 Å². The van der Waals surface area contributed by atoms with Gasteiger partial charge < -0.3 is 10.6 Å². The third kappa shape index (κ3) is 9.11. The van der Waals surface area contributed by atoms with Gasteiger partial charge in [0, 0.05) is 12.2 Å². The Bertz CT molecular complexity index is 387. The summed E-state index contributed by atoms with van der Waals surface area (Å²) in [7, 11) is 0. The van der Waals surface area contributed by atoms with E-state index in [1.54, 1.807) is 0 Å². The zero-order valence-corrected chi connectivity index (χ0v) is 13.6. The molecule has 3 nitrogen and oxygen atoms in total. The Labute approximate surface area is 129 Å². The van der Waals surface area contributed by atoms with Gasteiger partial charge in [-0.25, -0.2) is 4.79 Å². The summed E-state index contributed by atoms with van der Waals surface area (Å²) in [6, 6.07) is 7.72. The molecule has 0 saturated carbocycles. The van der Waals surface area contributed by atoms with Crippen molar-refractivity contribution in [3.05, 3.63) is 29.8 Å². The lowest BCUT2D eigenvalue weighted by Gasteiger charge is -2.08. The number of carbonyl (C=O) groups is 1. The fraction of sp³-hybridized carbons (Fsp3) is 0.611. The maximum atomic E-state index is 11.7. The fourth-order valence-corrected chi connectivity index (χ4v) is 2.27. The minimum absolute atomic E-state index is 0.109. The Morgan fingerprint density at radius 1 is 0.905 bits per heavy atom. The first-order valence-electron chi connectivity index (χ1n) is 8.34. The van der Waals surface area contributed by atoms with Gasteiger partial charge in [-0.2, -0.15) is 0 Å². The number of nitrogens with one attached hydrogen (secondary N) is 2. The highest BCUT2D eigenvalue weighted by Crippen LogP contribution is 2.09. The first kappa shape index (κ1) is 17.5. The van der Waals surface area contributed by atoms with E-state index in [0.717, 1.165) is 18.7 Å². The van der Waals surface area contributed by atoms with E-state index < -0.39 is 0 Å². The molecule has 0 aliphatic carbocycles. The monoisotopic (exact) mass is 290 g/mol. The fourth-order valence-electron chi connectivity index (χ4n) is 2.27. The number of carbonyl (C=O) groups excluding carboxylic acids is 1. The molecule has 1 rings (SSSR count). The lowest BCUT2D eigenvalue weighted by atomic mass is 10.1. The molecular weight excluding hydrogens is 260 g/mol. The molecule has 1 aromatic carbocycles. The van der Waals surface area contributed by atoms with Gasteiger partial charge in [0.2, 0.25) is 0 Å². The molecule has 0 heterocycles. The summed E-state index contributed by atoms with van der Waals surface area (Å²) < 4.78 is 0. The summed E-state index contributed by atoms with van der Waals surface area (Å²) in [5.41, 5.74) is 2.04. The van der Waals surface area contributed by atoms with Crippen molar-refractivity contribution in [2.75, 3.05) is 11.9 Å². The molecule has 3 heteroatoms. The third-order valence-electron chi connectivity index (χ3n) is 3.63. The van der Waals surface area contributed by atoms with Crippen molar-refractivity contribution in [3.63, 3.8) is 0 Å². The van der Waals surface area contributed by atoms with E-state index in [1.165, 1.54) is 50.5 Å². The largest absolute Gasteiger partial charge is 0.338 e. The molecule has 118 valence electrons. The van der Waals surface area contributed by atoms with Crippen LogP contribution in [-0.2, 0) is 0 Å². The topological polar surface area (TPSA) is 41.1 Å². The Balaban J connectivity index is 1.97. The molecule has 0 fully saturated rings. The van der Waals surface area contributed by atoms with E-state index >= 15 is 0 Å². The Morgan fingerprint density at radius 3 is 2.10 bits per heavy atom. The van der Waals surface area contributed by atoms with Crippen molar-refractivity contribution < 1.29 is 4.79 Å². The van der Waals surface area contributed by atoms with Gasteiger partial charge in [0.15, 0.2) is 0 Å². The highest BCUT2D eigenvalue weighted by molar-refractivity contribution is 5.89. The SMILES string of the molecule is CCCCCCCCCCNC(=O)Nc1ccc(C)cc1. The number of benzene rings is 1. The highest BCUT2D eigenvalue weighted by Gasteiger charge is 2.00. The number of urea groups is 1. The van der Waals surface area contributed by atoms with Gasteiger partial charge in [-0.1, -0.05) is 69.6 Å². The van der Waals surface area contributed by atoms with Crippen LogP contribution < -0.4 is 10.6 Å². The minimum atomic E-state index is -0.109. The number of hydrogen-bond acceptors (Lipinski definition) is 1. The summed E-state index contributed by atoms with van der Waals surface area (Å²) in [6.07, 6.45) is 10.3. The lowest BCUT2D eigenvalue weighted by Crippen LogP contribution is -2.29. The van der Waals surface area contributed by atoms with Gasteiger partial charge in [-0.3, -0.25) is 0 Å². The molecule has 0 atom stereocenters. The first-order chi connectivity index (χ1) is 10.2. The number of hydrogen-bond donors (Lipinski definition) is 2. The Morgan fingerprint density at radius 2 is 1.48 bits per heavy atom. The maximum absolute atomic E-state index is 11.7. The van der Waals surface area contributed by atoms with Crippen LogP contribution in [0.2, 0.25) is 0 Å². The van der Waals surface area contributed by atoms with Crippen molar-refractivity contribution in [3.8, 4) is 0 Å². The van der Waals surface area contributed by atoms with Crippen LogP contribution in [0.5, 0.6) is 0 Å². The van der Waals surface area contributed by atoms with Crippen LogP contribution in [-0.4, -0.2) is 12.6 Å². The molecule has 0 unspecified atom stereocenters. The molecule has 0 bridgehead atoms. The second-order valence-electron chi connectivity index (χ2n) is 5.72. The second-order valence-corrected chi connectivity index (χ2v) is 5.72. The van der Waals surface area contributed by atoms with Gasteiger partial charge in [0.1, 0.15) is 0 Å². The maximum Gasteiger partial charge on any atom is 0.319 e. The van der Waals surface area contributed by atoms with E-state index in [-0.39, 0.29) is 6.03 Å². The van der Waals surface area contributed by atoms with E-state index in [2.05, 4.69) is 17.6 Å². The van der Waals surface area contributed by atoms with Crippen molar-refractivity contribution >= 4 is 11.7 Å². The quantitative estimate of drug-likeness (QED) is 0.567. The summed E-state index contributed by atoms with van der Waals surface area (Å²) in [5.74, 6) is 0. The molecule has 21 heavy (non-hydrogen) atoms. The number of aryl methyl sites for hydroxylation is 1. The third-order valence-corrected chi connectivity index (χ3v) is 3.63. The first-order valence-corrected chi connectivity index (χ1v) is 8.34. The zero-order valence-electron chi connectivity index (χ0n) is 13.6. The number of anilines is 1. The molecule has 2 N–H and O–H groups in total. The zero-order chi connectivity index (χ0) is 15.3. The van der Waals surface area contributed by atoms with E-state index in [4.69, 9.17) is 0 Å². The van der Waals surface area contributed by atoms with Crippen LogP contribution >= 0.6 is 0 Å². The normalized spacial score (nSPS) is 10.4. The lowest BCUT2D eigenvalue weighted by molar-refractivity contribution is 0.252. The highest BCUT2D eigenvalue weighted by atomic mass is 16.2. The molecule has 0 aromatic heterocycles. The summed E-state index contributed by atoms with van der Waals surface area (Å²) in [5, 5.41) is 5.75. The van der Waals surface area contributed by atoms with Crippen molar-refractivity contribution in [1.29, 1.82) is 0 Å². The summed E-state index contributed by atoms with van der Waals surface area (Å²) >= 11 is 0. The van der Waals surface area contributed by atoms with Gasteiger partial charge in [-0.15, -0.1) is 0 Å². The molecule has 0 aliphatic heterocycles. The number of amides is 2. The summed E-state index contributed by atoms with van der Waals surface area (Å²) in [4.78, 5) is 11.7.